The minimum absolute atomic E-state index is 0.359. The number of carbonyl (C=O) groups excluding carboxylic acids is 1. The van der Waals surface area contributed by atoms with Crippen LogP contribution in [0.15, 0.2) is 23.6 Å². The maximum Gasteiger partial charge on any atom is 0.356 e. The van der Waals surface area contributed by atoms with Gasteiger partial charge in [-0.3, -0.25) is 0 Å². The Bertz CT molecular complexity index is 450. The monoisotopic (exact) mass is 193 g/mol. The molecule has 0 aliphatic heterocycles. The summed E-state index contributed by atoms with van der Waals surface area (Å²) in [5.74, 6) is -0.393. The third kappa shape index (κ3) is 1.40. The molecule has 0 atom stereocenters. The zero-order valence-electron chi connectivity index (χ0n) is 6.98. The van der Waals surface area contributed by atoms with Gasteiger partial charge in [0.1, 0.15) is 10.5 Å². The number of aromatic nitrogens is 1. The number of carbonyl (C=O) groups is 1. The van der Waals surface area contributed by atoms with E-state index in [-0.39, 0.29) is 0 Å². The lowest BCUT2D eigenvalue weighted by Gasteiger charge is -1.96. The fraction of sp³-hybridized carbons (Fsp3) is 0.111. The number of nitrogens with zero attached hydrogens (tertiary/aromatic N) is 1. The number of ether oxygens (including phenoxy) is 1. The van der Waals surface area contributed by atoms with Crippen LogP contribution in [0.4, 0.5) is 0 Å². The molecule has 13 heavy (non-hydrogen) atoms. The number of fused-ring (bicyclic) bond motifs is 1. The minimum atomic E-state index is -0.393. The van der Waals surface area contributed by atoms with Crippen molar-refractivity contribution in [2.75, 3.05) is 7.11 Å². The lowest BCUT2D eigenvalue weighted by Crippen LogP contribution is -2.03. The second-order valence-electron chi connectivity index (χ2n) is 2.50. The molecule has 0 saturated heterocycles. The van der Waals surface area contributed by atoms with Gasteiger partial charge in [-0.15, -0.1) is 11.3 Å². The smallest absolute Gasteiger partial charge is 0.356 e. The summed E-state index contributed by atoms with van der Waals surface area (Å²) < 4.78 is 4.56. The first-order chi connectivity index (χ1) is 6.31. The van der Waals surface area contributed by atoms with E-state index in [1.807, 2.05) is 17.5 Å². The number of thiophene rings is 1. The fourth-order valence-corrected chi connectivity index (χ4v) is 1.83. The van der Waals surface area contributed by atoms with E-state index >= 15 is 0 Å². The van der Waals surface area contributed by atoms with Crippen LogP contribution in [0.5, 0.6) is 0 Å². The van der Waals surface area contributed by atoms with E-state index in [2.05, 4.69) is 9.72 Å². The van der Waals surface area contributed by atoms with Crippen molar-refractivity contribution in [2.24, 2.45) is 0 Å². The van der Waals surface area contributed by atoms with Crippen LogP contribution in [0.25, 0.3) is 10.2 Å². The molecule has 0 radical (unpaired) electrons. The van der Waals surface area contributed by atoms with E-state index in [4.69, 9.17) is 0 Å². The lowest BCUT2D eigenvalue weighted by atomic mass is 10.3. The van der Waals surface area contributed by atoms with Gasteiger partial charge < -0.3 is 4.74 Å². The molecule has 0 aliphatic carbocycles. The fourth-order valence-electron chi connectivity index (χ4n) is 1.06. The van der Waals surface area contributed by atoms with Crippen LogP contribution in [0.2, 0.25) is 0 Å². The zero-order chi connectivity index (χ0) is 9.26. The Morgan fingerprint density at radius 3 is 3.08 bits per heavy atom. The van der Waals surface area contributed by atoms with E-state index in [1.165, 1.54) is 18.4 Å². The van der Waals surface area contributed by atoms with E-state index in [0.717, 1.165) is 10.2 Å². The summed E-state index contributed by atoms with van der Waals surface area (Å²) in [6.07, 6.45) is 0. The molecule has 0 fully saturated rings. The molecule has 0 amide bonds. The van der Waals surface area contributed by atoms with Gasteiger partial charge in [0.05, 0.1) is 7.11 Å². The molecule has 2 aromatic rings. The molecule has 0 aromatic carbocycles. The maximum absolute atomic E-state index is 11.1. The molecule has 2 rings (SSSR count). The number of hydrogen-bond donors (Lipinski definition) is 0. The van der Waals surface area contributed by atoms with Gasteiger partial charge in [-0.1, -0.05) is 0 Å². The van der Waals surface area contributed by atoms with Crippen molar-refractivity contribution in [1.82, 2.24) is 4.98 Å². The van der Waals surface area contributed by atoms with Crippen molar-refractivity contribution >= 4 is 27.5 Å². The first-order valence-electron chi connectivity index (χ1n) is 3.74. The highest BCUT2D eigenvalue weighted by atomic mass is 32.1. The lowest BCUT2D eigenvalue weighted by molar-refractivity contribution is 0.0594. The summed E-state index contributed by atoms with van der Waals surface area (Å²) in [5, 5.41) is 3.00. The van der Waals surface area contributed by atoms with Crippen LogP contribution >= 0.6 is 11.3 Å². The van der Waals surface area contributed by atoms with Crippen LogP contribution in [-0.2, 0) is 4.74 Å². The Hall–Kier alpha value is -1.42. The van der Waals surface area contributed by atoms with Gasteiger partial charge in [0.25, 0.3) is 0 Å². The second kappa shape index (κ2) is 3.14. The minimum Gasteiger partial charge on any atom is -0.464 e. The van der Waals surface area contributed by atoms with Gasteiger partial charge in [0.15, 0.2) is 0 Å². The Morgan fingerprint density at radius 1 is 1.46 bits per heavy atom. The van der Waals surface area contributed by atoms with Crippen LogP contribution in [-0.4, -0.2) is 18.1 Å². The first kappa shape index (κ1) is 8.19. The predicted octanol–water partition coefficient (Wildman–Crippen LogP) is 2.08. The van der Waals surface area contributed by atoms with E-state index in [9.17, 15) is 4.79 Å². The molecule has 0 saturated carbocycles. The van der Waals surface area contributed by atoms with Gasteiger partial charge in [-0.05, 0) is 23.6 Å². The first-order valence-corrected chi connectivity index (χ1v) is 4.62. The molecule has 0 aliphatic rings. The molecular formula is C9H7NO2S. The Kier molecular flexibility index (Phi) is 1.98. The second-order valence-corrected chi connectivity index (χ2v) is 3.40. The van der Waals surface area contributed by atoms with Crippen molar-refractivity contribution in [3.63, 3.8) is 0 Å². The molecule has 2 heterocycles. The molecule has 66 valence electrons. The number of esters is 1. The molecule has 0 spiro atoms. The van der Waals surface area contributed by atoms with Gasteiger partial charge in [-0.2, -0.15) is 0 Å². The topological polar surface area (TPSA) is 39.2 Å². The van der Waals surface area contributed by atoms with Crippen molar-refractivity contribution < 1.29 is 9.53 Å². The number of hydrogen-bond acceptors (Lipinski definition) is 4. The zero-order valence-corrected chi connectivity index (χ0v) is 7.80. The molecule has 2 aromatic heterocycles. The van der Waals surface area contributed by atoms with Crippen LogP contribution in [0, 0.1) is 0 Å². The van der Waals surface area contributed by atoms with Gasteiger partial charge in [0, 0.05) is 5.39 Å². The number of methoxy groups -OCH3 is 1. The SMILES string of the molecule is COC(=O)c1ccc2ccsc2n1. The van der Waals surface area contributed by atoms with Crippen molar-refractivity contribution in [2.45, 2.75) is 0 Å². The maximum atomic E-state index is 11.1. The van der Waals surface area contributed by atoms with Crippen molar-refractivity contribution in [1.29, 1.82) is 0 Å². The standard InChI is InChI=1S/C9H7NO2S/c1-12-9(11)7-3-2-6-4-5-13-8(6)10-7/h2-5H,1H3. The number of pyridine rings is 1. The van der Waals surface area contributed by atoms with Gasteiger partial charge in [-0.25, -0.2) is 9.78 Å². The Balaban J connectivity index is 2.54. The Labute approximate surface area is 79.0 Å². The van der Waals surface area contributed by atoms with E-state index < -0.39 is 5.97 Å². The van der Waals surface area contributed by atoms with Gasteiger partial charge >= 0.3 is 5.97 Å². The largest absolute Gasteiger partial charge is 0.464 e. The summed E-state index contributed by atoms with van der Waals surface area (Å²) >= 11 is 1.51. The third-order valence-corrected chi connectivity index (χ3v) is 2.53. The van der Waals surface area contributed by atoms with Gasteiger partial charge in [0.2, 0.25) is 0 Å². The van der Waals surface area contributed by atoms with Crippen LogP contribution in [0.1, 0.15) is 10.5 Å². The highest BCUT2D eigenvalue weighted by Gasteiger charge is 2.07. The van der Waals surface area contributed by atoms with Crippen LogP contribution in [0.3, 0.4) is 0 Å². The Morgan fingerprint density at radius 2 is 2.31 bits per heavy atom. The summed E-state index contributed by atoms with van der Waals surface area (Å²) in [5.41, 5.74) is 0.359. The summed E-state index contributed by atoms with van der Waals surface area (Å²) in [6, 6.07) is 5.50. The molecule has 4 heteroatoms. The third-order valence-electron chi connectivity index (χ3n) is 1.71. The van der Waals surface area contributed by atoms with Crippen molar-refractivity contribution in [3.05, 3.63) is 29.3 Å². The molecule has 3 nitrogen and oxygen atoms in total. The normalized spacial score (nSPS) is 10.2. The van der Waals surface area contributed by atoms with E-state index in [1.54, 1.807) is 6.07 Å². The summed E-state index contributed by atoms with van der Waals surface area (Å²) in [6.45, 7) is 0. The van der Waals surface area contributed by atoms with E-state index in [0.29, 0.717) is 5.69 Å². The highest BCUT2D eigenvalue weighted by Crippen LogP contribution is 2.18. The predicted molar refractivity (Wildman–Crippen MR) is 51.0 cm³/mol. The number of rotatable bonds is 1. The summed E-state index contributed by atoms with van der Waals surface area (Å²) in [7, 11) is 1.35. The molecule has 0 bridgehead atoms. The van der Waals surface area contributed by atoms with Crippen molar-refractivity contribution in [3.8, 4) is 0 Å². The highest BCUT2D eigenvalue weighted by molar-refractivity contribution is 7.16. The quantitative estimate of drug-likeness (QED) is 0.651. The summed E-state index contributed by atoms with van der Waals surface area (Å²) in [4.78, 5) is 16.1. The molecular weight excluding hydrogens is 186 g/mol. The average Bonchev–Trinajstić information content (AvgIpc) is 2.63. The molecule has 0 N–H and O–H groups in total. The molecule has 0 unspecified atom stereocenters. The van der Waals surface area contributed by atoms with Crippen LogP contribution < -0.4 is 0 Å². The average molecular weight is 193 g/mol.